The van der Waals surface area contributed by atoms with Crippen molar-refractivity contribution in [3.8, 4) is 11.8 Å². The van der Waals surface area contributed by atoms with Crippen molar-refractivity contribution in [3.63, 3.8) is 0 Å². The minimum atomic E-state index is -0.0830. The Hall–Kier alpha value is -1.50. The Labute approximate surface area is 85.3 Å². The van der Waals surface area contributed by atoms with E-state index in [-0.39, 0.29) is 5.17 Å². The molecule has 14 heavy (non-hydrogen) atoms. The number of nitrogens with one attached hydrogen (secondary N) is 1. The molecule has 0 saturated heterocycles. The van der Waals surface area contributed by atoms with Crippen LogP contribution >= 0.6 is 11.8 Å². The number of ether oxygens (including phenoxy) is 2. The van der Waals surface area contributed by atoms with Gasteiger partial charge in [0.2, 0.25) is 16.9 Å². The highest BCUT2D eigenvalue weighted by molar-refractivity contribution is 8.13. The van der Waals surface area contributed by atoms with Gasteiger partial charge in [-0.3, -0.25) is 5.41 Å². The van der Waals surface area contributed by atoms with E-state index in [1.54, 1.807) is 6.07 Å². The van der Waals surface area contributed by atoms with E-state index in [0.29, 0.717) is 16.9 Å². The molecule has 0 saturated carbocycles. The predicted molar refractivity (Wildman–Crippen MR) is 52.9 cm³/mol. The van der Waals surface area contributed by atoms with Crippen LogP contribution in [0, 0.1) is 5.41 Å². The lowest BCUT2D eigenvalue weighted by atomic mass is 10.6. The number of thioether (sulfide) groups is 1. The van der Waals surface area contributed by atoms with Crippen molar-refractivity contribution >= 4 is 16.9 Å². The van der Waals surface area contributed by atoms with E-state index in [1.165, 1.54) is 14.2 Å². The molecule has 7 heteroatoms. The Balaban J connectivity index is 2.98. The van der Waals surface area contributed by atoms with Gasteiger partial charge < -0.3 is 15.2 Å². The minimum absolute atomic E-state index is 0.0830. The molecule has 1 aromatic rings. The Morgan fingerprint density at radius 3 is 2.21 bits per heavy atom. The molecule has 0 atom stereocenters. The number of nitrogens with zero attached hydrogens (tertiary/aromatic N) is 2. The van der Waals surface area contributed by atoms with E-state index in [2.05, 4.69) is 9.97 Å². The molecule has 3 N–H and O–H groups in total. The van der Waals surface area contributed by atoms with E-state index >= 15 is 0 Å². The van der Waals surface area contributed by atoms with Gasteiger partial charge in [0.05, 0.1) is 20.3 Å². The van der Waals surface area contributed by atoms with E-state index in [4.69, 9.17) is 20.6 Å². The van der Waals surface area contributed by atoms with Crippen molar-refractivity contribution in [1.29, 1.82) is 5.41 Å². The number of amidine groups is 1. The molecule has 0 bridgehead atoms. The smallest absolute Gasteiger partial charge is 0.220 e. The van der Waals surface area contributed by atoms with Crippen LogP contribution in [0.3, 0.4) is 0 Å². The maximum absolute atomic E-state index is 7.07. The summed E-state index contributed by atoms with van der Waals surface area (Å²) in [5.41, 5.74) is 5.19. The zero-order chi connectivity index (χ0) is 10.6. The van der Waals surface area contributed by atoms with Crippen LogP contribution in [-0.4, -0.2) is 29.4 Å². The Bertz CT molecular complexity index is 322. The number of nitrogens with two attached hydrogens (primary N) is 1. The van der Waals surface area contributed by atoms with Crippen molar-refractivity contribution in [3.05, 3.63) is 6.07 Å². The van der Waals surface area contributed by atoms with Gasteiger partial charge in [0.25, 0.3) is 0 Å². The minimum Gasteiger partial charge on any atom is -0.481 e. The van der Waals surface area contributed by atoms with Crippen molar-refractivity contribution in [2.24, 2.45) is 5.73 Å². The normalized spacial score (nSPS) is 9.57. The first-order valence-electron chi connectivity index (χ1n) is 3.64. The third kappa shape index (κ3) is 2.77. The van der Waals surface area contributed by atoms with Crippen LogP contribution in [0.1, 0.15) is 0 Å². The zero-order valence-electron chi connectivity index (χ0n) is 7.77. The molecule has 0 spiro atoms. The predicted octanol–water partition coefficient (Wildman–Crippen LogP) is 0.479. The van der Waals surface area contributed by atoms with Crippen molar-refractivity contribution in [2.75, 3.05) is 14.2 Å². The Morgan fingerprint density at radius 2 is 1.86 bits per heavy atom. The van der Waals surface area contributed by atoms with Gasteiger partial charge in [0.15, 0.2) is 5.17 Å². The van der Waals surface area contributed by atoms with Crippen LogP contribution < -0.4 is 15.2 Å². The number of aromatic nitrogens is 2. The number of rotatable bonds is 3. The first kappa shape index (κ1) is 10.6. The molecule has 0 amide bonds. The van der Waals surface area contributed by atoms with Gasteiger partial charge in [-0.1, -0.05) is 0 Å². The Morgan fingerprint density at radius 1 is 1.36 bits per heavy atom. The lowest BCUT2D eigenvalue weighted by Crippen LogP contribution is -2.05. The van der Waals surface area contributed by atoms with Crippen molar-refractivity contribution in [1.82, 2.24) is 9.97 Å². The molecule has 0 radical (unpaired) electrons. The second-order valence-corrected chi connectivity index (χ2v) is 3.21. The molecule has 0 fully saturated rings. The summed E-state index contributed by atoms with van der Waals surface area (Å²) in [4.78, 5) is 7.94. The standard InChI is InChI=1S/C7H10N4O2S/c1-12-4-3-5(13-2)11-7(10-4)14-6(8)9/h3H,1-2H3,(H3,8,9). The largest absolute Gasteiger partial charge is 0.481 e. The number of hydrogen-bond acceptors (Lipinski definition) is 6. The van der Waals surface area contributed by atoms with E-state index in [1.807, 2.05) is 0 Å². The molecule has 0 aliphatic heterocycles. The van der Waals surface area contributed by atoms with Crippen LogP contribution in [0.4, 0.5) is 0 Å². The summed E-state index contributed by atoms with van der Waals surface area (Å²) < 4.78 is 9.85. The topological polar surface area (TPSA) is 94.1 Å². The van der Waals surface area contributed by atoms with Gasteiger partial charge >= 0.3 is 0 Å². The molecular weight excluding hydrogens is 204 g/mol. The van der Waals surface area contributed by atoms with Gasteiger partial charge in [-0.15, -0.1) is 0 Å². The van der Waals surface area contributed by atoms with E-state index in [9.17, 15) is 0 Å². The maximum atomic E-state index is 7.07. The second-order valence-electron chi connectivity index (χ2n) is 2.20. The third-order valence-corrected chi connectivity index (χ3v) is 1.86. The summed E-state index contributed by atoms with van der Waals surface area (Å²) in [5, 5.41) is 7.31. The monoisotopic (exact) mass is 214 g/mol. The number of hydrogen-bond donors (Lipinski definition) is 2. The van der Waals surface area contributed by atoms with Crippen LogP contribution in [0.2, 0.25) is 0 Å². The average molecular weight is 214 g/mol. The third-order valence-electron chi connectivity index (χ3n) is 1.28. The molecule has 0 aliphatic rings. The molecule has 1 heterocycles. The van der Waals surface area contributed by atoms with Crippen LogP contribution in [-0.2, 0) is 0 Å². The first-order valence-corrected chi connectivity index (χ1v) is 4.46. The zero-order valence-corrected chi connectivity index (χ0v) is 8.59. The van der Waals surface area contributed by atoms with Gasteiger partial charge in [-0.2, -0.15) is 9.97 Å². The van der Waals surface area contributed by atoms with Crippen molar-refractivity contribution < 1.29 is 9.47 Å². The molecule has 1 rings (SSSR count). The van der Waals surface area contributed by atoms with Crippen LogP contribution in [0.25, 0.3) is 0 Å². The second kappa shape index (κ2) is 4.66. The molecule has 76 valence electrons. The molecule has 6 nitrogen and oxygen atoms in total. The molecule has 1 aromatic heterocycles. The summed E-state index contributed by atoms with van der Waals surface area (Å²) in [6.07, 6.45) is 0. The maximum Gasteiger partial charge on any atom is 0.220 e. The molecule has 0 unspecified atom stereocenters. The highest BCUT2D eigenvalue weighted by Gasteiger charge is 2.06. The van der Waals surface area contributed by atoms with Crippen LogP contribution in [0.15, 0.2) is 11.2 Å². The van der Waals surface area contributed by atoms with E-state index < -0.39 is 0 Å². The summed E-state index contributed by atoms with van der Waals surface area (Å²) >= 11 is 0.936. The first-order chi connectivity index (χ1) is 6.65. The fraction of sp³-hybridized carbons (Fsp3) is 0.286. The summed E-state index contributed by atoms with van der Waals surface area (Å²) in [6.45, 7) is 0. The SMILES string of the molecule is COc1cc(OC)nc(SC(=N)N)n1. The van der Waals surface area contributed by atoms with Gasteiger partial charge in [-0.05, 0) is 11.8 Å². The van der Waals surface area contributed by atoms with Crippen LogP contribution in [0.5, 0.6) is 11.8 Å². The highest BCUT2D eigenvalue weighted by atomic mass is 32.2. The average Bonchev–Trinajstić information content (AvgIpc) is 2.16. The Kier molecular flexibility index (Phi) is 3.52. The van der Waals surface area contributed by atoms with E-state index in [0.717, 1.165) is 11.8 Å². The lowest BCUT2D eigenvalue weighted by Gasteiger charge is -2.04. The summed E-state index contributed by atoms with van der Waals surface area (Å²) in [7, 11) is 2.98. The van der Waals surface area contributed by atoms with Gasteiger partial charge in [-0.25, -0.2) is 0 Å². The van der Waals surface area contributed by atoms with Crippen molar-refractivity contribution in [2.45, 2.75) is 5.16 Å². The molecule has 0 aliphatic carbocycles. The fourth-order valence-electron chi connectivity index (χ4n) is 0.737. The van der Waals surface area contributed by atoms with Gasteiger partial charge in [0, 0.05) is 0 Å². The highest BCUT2D eigenvalue weighted by Crippen LogP contribution is 2.20. The quantitative estimate of drug-likeness (QED) is 0.329. The summed E-state index contributed by atoms with van der Waals surface area (Å²) in [6, 6.07) is 1.55. The molecule has 0 aromatic carbocycles. The lowest BCUT2D eigenvalue weighted by molar-refractivity contribution is 0.364. The number of methoxy groups -OCH3 is 2. The molecular formula is C7H10N4O2S. The van der Waals surface area contributed by atoms with Gasteiger partial charge in [0.1, 0.15) is 0 Å². The fourth-order valence-corrected chi connectivity index (χ4v) is 1.20. The summed E-state index contributed by atoms with van der Waals surface area (Å²) in [5.74, 6) is 0.751.